The average Bonchev–Trinajstić information content (AvgIpc) is 3.80. The monoisotopic (exact) mass is 1050 g/mol. The number of anilines is 1. The number of tetrazole rings is 1. The number of nitrogens with zero attached hydrogens (tertiary/aromatic N) is 7. The zero-order valence-electron chi connectivity index (χ0n) is 41.1. The standard InChI is InChI=1S/C51H54N8O11S3/c1-34-10-24-41(25-11-34)72(63,64)54-48-44(9-8-28-52-48)43-26-27-45(71(61,62)42-32-57(33-42)50(60)70-51(2,3)4)47(46(43)49-53-55-56-59(49)31-37-16-22-40(69-7)23-17-37)73(65,66)58(29-35-12-18-38(67-5)19-13-35)30-36-14-20-39(68-6)21-15-36/h8-28,42H,29-33H2,1-7H3,(H,52,54). The molecule has 382 valence electrons. The van der Waals surface area contributed by atoms with Crippen LogP contribution >= 0.6 is 0 Å². The molecule has 22 heteroatoms. The van der Waals surface area contributed by atoms with Crippen LogP contribution in [0.5, 0.6) is 17.2 Å². The number of pyridine rings is 1. The maximum atomic E-state index is 16.4. The molecule has 1 N–H and O–H groups in total. The minimum Gasteiger partial charge on any atom is -0.497 e. The van der Waals surface area contributed by atoms with Gasteiger partial charge in [0.15, 0.2) is 15.7 Å². The van der Waals surface area contributed by atoms with Gasteiger partial charge in [-0.25, -0.2) is 39.7 Å². The molecule has 19 nitrogen and oxygen atoms in total. The number of aryl methyl sites for hydroxylation is 1. The molecule has 0 bridgehead atoms. The molecule has 1 aliphatic heterocycles. The quantitative estimate of drug-likeness (QED) is 0.0884. The van der Waals surface area contributed by atoms with Crippen molar-refractivity contribution in [1.82, 2.24) is 34.4 Å². The maximum absolute atomic E-state index is 16.4. The Morgan fingerprint density at radius 1 is 0.712 bits per heavy atom. The number of nitrogens with one attached hydrogen (secondary N) is 1. The Kier molecular flexibility index (Phi) is 14.9. The van der Waals surface area contributed by atoms with E-state index in [1.165, 1.54) is 73.5 Å². The molecule has 0 aliphatic carbocycles. The number of likely N-dealkylation sites (tertiary alicyclic amines) is 1. The average molecular weight is 1050 g/mol. The number of carbonyl (C=O) groups excluding carboxylic acids is 1. The first-order chi connectivity index (χ1) is 34.7. The Hall–Kier alpha value is -7.40. The zero-order valence-corrected chi connectivity index (χ0v) is 43.5. The van der Waals surface area contributed by atoms with Crippen LogP contribution in [0, 0.1) is 6.92 Å². The topological polar surface area (TPSA) is 231 Å². The Balaban J connectivity index is 1.40. The highest BCUT2D eigenvalue weighted by atomic mass is 32.2. The second-order valence-electron chi connectivity index (χ2n) is 18.2. The molecule has 0 spiro atoms. The SMILES string of the molecule is COc1ccc(CN(Cc2ccc(OC)cc2)S(=O)(=O)c2c(S(=O)(=O)C3CN(C(=O)OC(C)(C)C)C3)ccc(-c3cccnc3NS(=O)(=O)c3ccc(C)cc3)c2-c2nnnn2Cc2ccc(OC)cc2)cc1. The van der Waals surface area contributed by atoms with Gasteiger partial charge in [0.25, 0.3) is 10.0 Å². The second kappa shape index (κ2) is 21.0. The lowest BCUT2D eigenvalue weighted by atomic mass is 9.99. The van der Waals surface area contributed by atoms with Crippen molar-refractivity contribution in [3.63, 3.8) is 0 Å². The number of hydrogen-bond donors (Lipinski definition) is 1. The van der Waals surface area contributed by atoms with E-state index in [0.29, 0.717) is 33.9 Å². The molecule has 73 heavy (non-hydrogen) atoms. The van der Waals surface area contributed by atoms with Gasteiger partial charge in [0.2, 0.25) is 10.0 Å². The molecule has 0 atom stereocenters. The van der Waals surface area contributed by atoms with Crippen molar-refractivity contribution in [2.24, 2.45) is 0 Å². The molecule has 2 aromatic heterocycles. The summed E-state index contributed by atoms with van der Waals surface area (Å²) in [5.74, 6) is 1.22. The van der Waals surface area contributed by atoms with E-state index < -0.39 is 56.6 Å². The molecule has 1 aliphatic rings. The predicted molar refractivity (Wildman–Crippen MR) is 272 cm³/mol. The first kappa shape index (κ1) is 51.9. The summed E-state index contributed by atoms with van der Waals surface area (Å²) in [6.07, 6.45) is 0.627. The van der Waals surface area contributed by atoms with Crippen LogP contribution in [0.25, 0.3) is 22.5 Å². The van der Waals surface area contributed by atoms with E-state index in [4.69, 9.17) is 18.9 Å². The minimum atomic E-state index is -5.09. The lowest BCUT2D eigenvalue weighted by Crippen LogP contribution is -2.57. The van der Waals surface area contributed by atoms with Gasteiger partial charge in [0.1, 0.15) is 38.8 Å². The normalized spacial score (nSPS) is 13.3. The lowest BCUT2D eigenvalue weighted by molar-refractivity contribution is 0.0139. The van der Waals surface area contributed by atoms with E-state index >= 15 is 16.8 Å². The molecule has 8 rings (SSSR count). The Labute approximate surface area is 424 Å². The van der Waals surface area contributed by atoms with Crippen LogP contribution in [0.2, 0.25) is 0 Å². The first-order valence-electron chi connectivity index (χ1n) is 22.8. The van der Waals surface area contributed by atoms with E-state index in [0.717, 1.165) is 9.87 Å². The third kappa shape index (κ3) is 11.5. The number of benzene rings is 5. The minimum absolute atomic E-state index is 0.0100. The molecule has 7 aromatic rings. The van der Waals surface area contributed by atoms with Crippen molar-refractivity contribution in [3.05, 3.63) is 150 Å². The van der Waals surface area contributed by atoms with Gasteiger partial charge in [-0.1, -0.05) is 60.2 Å². The molecule has 5 aromatic carbocycles. The Bertz CT molecular complexity index is 3400. The second-order valence-corrected chi connectivity index (χ2v) is 23.9. The number of ether oxygens (including phenoxy) is 4. The highest BCUT2D eigenvalue weighted by Gasteiger charge is 2.46. The predicted octanol–water partition coefficient (Wildman–Crippen LogP) is 7.37. The van der Waals surface area contributed by atoms with Crippen LogP contribution in [0.15, 0.2) is 142 Å². The molecule has 1 fully saturated rings. The fourth-order valence-corrected chi connectivity index (χ4v) is 13.1. The number of rotatable bonds is 18. The third-order valence-corrected chi connectivity index (χ3v) is 17.4. The first-order valence-corrected chi connectivity index (χ1v) is 27.3. The van der Waals surface area contributed by atoms with Crippen LogP contribution in [0.3, 0.4) is 0 Å². The van der Waals surface area contributed by atoms with Gasteiger partial charge in [0.05, 0.1) is 43.2 Å². The zero-order chi connectivity index (χ0) is 52.3. The van der Waals surface area contributed by atoms with Gasteiger partial charge in [-0.2, -0.15) is 4.31 Å². The van der Waals surface area contributed by atoms with Gasteiger partial charge in [-0.05, 0) is 127 Å². The van der Waals surface area contributed by atoms with Crippen molar-refractivity contribution in [3.8, 4) is 39.8 Å². The van der Waals surface area contributed by atoms with Crippen molar-refractivity contribution in [2.75, 3.05) is 39.1 Å². The summed E-state index contributed by atoms with van der Waals surface area (Å²) in [5.41, 5.74) is 1.45. The number of sulfonamides is 2. The number of sulfone groups is 1. The summed E-state index contributed by atoms with van der Waals surface area (Å²) in [6, 6.07) is 32.3. The maximum Gasteiger partial charge on any atom is 0.410 e. The van der Waals surface area contributed by atoms with E-state index in [9.17, 15) is 13.2 Å². The Morgan fingerprint density at radius 2 is 1.26 bits per heavy atom. The molecule has 3 heterocycles. The summed E-state index contributed by atoms with van der Waals surface area (Å²) in [4.78, 5) is 17.5. The lowest BCUT2D eigenvalue weighted by Gasteiger charge is -2.39. The van der Waals surface area contributed by atoms with E-state index in [2.05, 4.69) is 25.2 Å². The van der Waals surface area contributed by atoms with E-state index in [-0.39, 0.29) is 66.0 Å². The smallest absolute Gasteiger partial charge is 0.410 e. The van der Waals surface area contributed by atoms with Crippen LogP contribution in [0.1, 0.15) is 43.0 Å². The fourth-order valence-electron chi connectivity index (χ4n) is 8.01. The Morgan fingerprint density at radius 3 is 1.79 bits per heavy atom. The molecule has 0 unspecified atom stereocenters. The van der Waals surface area contributed by atoms with Gasteiger partial charge in [-0.3, -0.25) is 4.72 Å². The van der Waals surface area contributed by atoms with Gasteiger partial charge in [-0.15, -0.1) is 5.10 Å². The molecule has 0 radical (unpaired) electrons. The van der Waals surface area contributed by atoms with Crippen LogP contribution in [-0.2, 0) is 54.3 Å². The van der Waals surface area contributed by atoms with Crippen molar-refractivity contribution in [1.29, 1.82) is 0 Å². The largest absolute Gasteiger partial charge is 0.497 e. The number of aromatic nitrogens is 5. The van der Waals surface area contributed by atoms with Gasteiger partial charge in [0, 0.05) is 37.9 Å². The van der Waals surface area contributed by atoms with Crippen LogP contribution < -0.4 is 18.9 Å². The summed E-state index contributed by atoms with van der Waals surface area (Å²) in [7, 11) is -9.59. The number of carbonyl (C=O) groups is 1. The highest BCUT2D eigenvalue weighted by Crippen LogP contribution is 2.45. The summed E-state index contributed by atoms with van der Waals surface area (Å²) < 4.78 is 118. The van der Waals surface area contributed by atoms with Crippen molar-refractivity contribution < 1.29 is 49.0 Å². The summed E-state index contributed by atoms with van der Waals surface area (Å²) in [5, 5.41) is 11.4. The molecule has 0 saturated carbocycles. The number of amides is 1. The number of methoxy groups -OCH3 is 3. The van der Waals surface area contributed by atoms with E-state index in [1.807, 2.05) is 6.92 Å². The molecule has 1 amide bonds. The molecular weight excluding hydrogens is 997 g/mol. The summed E-state index contributed by atoms with van der Waals surface area (Å²) in [6.45, 7) is 5.67. The highest BCUT2D eigenvalue weighted by molar-refractivity contribution is 7.94. The fraction of sp³-hybridized carbons (Fsp3) is 0.275. The van der Waals surface area contributed by atoms with Gasteiger partial charge < -0.3 is 23.8 Å². The summed E-state index contributed by atoms with van der Waals surface area (Å²) >= 11 is 0. The van der Waals surface area contributed by atoms with Crippen LogP contribution in [-0.4, -0.2) is 111 Å². The molecular formula is C51H54N8O11S3. The molecule has 1 saturated heterocycles. The van der Waals surface area contributed by atoms with Crippen LogP contribution in [0.4, 0.5) is 10.6 Å². The van der Waals surface area contributed by atoms with Crippen molar-refractivity contribution >= 4 is 41.8 Å². The van der Waals surface area contributed by atoms with E-state index in [1.54, 1.807) is 106 Å². The number of hydrogen-bond acceptors (Lipinski definition) is 15. The third-order valence-electron chi connectivity index (χ3n) is 11.9. The van der Waals surface area contributed by atoms with Crippen molar-refractivity contribution in [2.45, 2.75) is 72.9 Å². The van der Waals surface area contributed by atoms with Gasteiger partial charge >= 0.3 is 6.09 Å².